The summed E-state index contributed by atoms with van der Waals surface area (Å²) in [6, 6.07) is 1.45. The van der Waals surface area contributed by atoms with Crippen LogP contribution >= 0.6 is 0 Å². The fourth-order valence-corrected chi connectivity index (χ4v) is 3.81. The Labute approximate surface area is 110 Å². The molecule has 0 aromatic heterocycles. The van der Waals surface area contributed by atoms with Gasteiger partial charge in [0, 0.05) is 25.2 Å². The normalized spacial score (nSPS) is 39.0. The van der Waals surface area contributed by atoms with Crippen molar-refractivity contribution in [3.05, 3.63) is 0 Å². The van der Waals surface area contributed by atoms with Crippen LogP contribution in [0.25, 0.3) is 0 Å². The molecule has 3 atom stereocenters. The van der Waals surface area contributed by atoms with Crippen LogP contribution in [0.5, 0.6) is 0 Å². The molecule has 3 fully saturated rings. The monoisotopic (exact) mass is 253 g/mol. The van der Waals surface area contributed by atoms with Gasteiger partial charge in [-0.3, -0.25) is 5.43 Å². The molecule has 0 aromatic carbocycles. The molecule has 1 saturated carbocycles. The Balaban J connectivity index is 1.56. The maximum Gasteiger partial charge on any atom is 0.0608 e. The van der Waals surface area contributed by atoms with Gasteiger partial charge in [0.1, 0.15) is 0 Å². The van der Waals surface area contributed by atoms with Gasteiger partial charge in [-0.25, -0.2) is 5.01 Å². The van der Waals surface area contributed by atoms with Crippen molar-refractivity contribution in [1.82, 2.24) is 15.8 Å². The van der Waals surface area contributed by atoms with E-state index in [1.807, 2.05) is 0 Å². The second-order valence-corrected chi connectivity index (χ2v) is 5.99. The number of hydrazine groups is 1. The highest BCUT2D eigenvalue weighted by molar-refractivity contribution is 4.91. The molecule has 0 radical (unpaired) electrons. The van der Waals surface area contributed by atoms with E-state index >= 15 is 0 Å². The van der Waals surface area contributed by atoms with Gasteiger partial charge in [-0.05, 0) is 38.1 Å². The molecule has 2 heterocycles. The van der Waals surface area contributed by atoms with Gasteiger partial charge in [0.2, 0.25) is 0 Å². The van der Waals surface area contributed by atoms with Gasteiger partial charge in [-0.15, -0.1) is 0 Å². The van der Waals surface area contributed by atoms with E-state index in [1.165, 1.54) is 45.1 Å². The third kappa shape index (κ3) is 3.05. The van der Waals surface area contributed by atoms with E-state index < -0.39 is 0 Å². The summed E-state index contributed by atoms with van der Waals surface area (Å²) in [5.74, 6) is 0.837. The Hall–Kier alpha value is -0.160. The molecule has 18 heavy (non-hydrogen) atoms. The molecule has 3 unspecified atom stereocenters. The third-order valence-corrected chi connectivity index (χ3v) is 4.79. The Morgan fingerprint density at radius 3 is 2.61 bits per heavy atom. The van der Waals surface area contributed by atoms with Gasteiger partial charge in [0.05, 0.1) is 13.2 Å². The molecule has 2 aliphatic heterocycles. The van der Waals surface area contributed by atoms with Crippen molar-refractivity contribution in [2.24, 2.45) is 5.92 Å². The van der Waals surface area contributed by atoms with Crippen LogP contribution in [-0.2, 0) is 4.74 Å². The number of ether oxygens (including phenoxy) is 1. The summed E-state index contributed by atoms with van der Waals surface area (Å²) in [5, 5.41) is 6.10. The zero-order valence-electron chi connectivity index (χ0n) is 11.4. The Morgan fingerprint density at radius 2 is 1.83 bits per heavy atom. The number of morpholine rings is 1. The lowest BCUT2D eigenvalue weighted by molar-refractivity contribution is -0.00868. The number of rotatable bonds is 3. The van der Waals surface area contributed by atoms with E-state index in [1.54, 1.807) is 0 Å². The first-order chi connectivity index (χ1) is 8.93. The van der Waals surface area contributed by atoms with Crippen molar-refractivity contribution in [3.63, 3.8) is 0 Å². The minimum atomic E-state index is 0.687. The molecule has 3 rings (SSSR count). The largest absolute Gasteiger partial charge is 0.379 e. The molecule has 4 heteroatoms. The second kappa shape index (κ2) is 6.33. The van der Waals surface area contributed by atoms with Crippen LogP contribution in [0.15, 0.2) is 0 Å². The number of hydrogen-bond acceptors (Lipinski definition) is 4. The topological polar surface area (TPSA) is 36.5 Å². The van der Waals surface area contributed by atoms with Crippen molar-refractivity contribution in [3.8, 4) is 0 Å². The average Bonchev–Trinajstić information content (AvgIpc) is 2.94. The van der Waals surface area contributed by atoms with E-state index in [0.717, 1.165) is 38.3 Å². The van der Waals surface area contributed by atoms with Gasteiger partial charge >= 0.3 is 0 Å². The molecular formula is C14H27N3O. The summed E-state index contributed by atoms with van der Waals surface area (Å²) in [5.41, 5.74) is 3.80. The zero-order chi connectivity index (χ0) is 12.2. The predicted molar refractivity (Wildman–Crippen MR) is 72.3 cm³/mol. The molecule has 104 valence electrons. The maximum atomic E-state index is 5.42. The quantitative estimate of drug-likeness (QED) is 0.791. The van der Waals surface area contributed by atoms with Crippen LogP contribution < -0.4 is 10.7 Å². The third-order valence-electron chi connectivity index (χ3n) is 4.79. The van der Waals surface area contributed by atoms with E-state index in [4.69, 9.17) is 4.74 Å². The van der Waals surface area contributed by atoms with Gasteiger partial charge < -0.3 is 10.1 Å². The van der Waals surface area contributed by atoms with Crippen LogP contribution in [0.3, 0.4) is 0 Å². The van der Waals surface area contributed by atoms with Crippen LogP contribution in [0.4, 0.5) is 0 Å². The standard InChI is InChI=1S/C14H27N3O/c1-2-5-14(16-17-8-10-18-11-9-17)12(4-1)13-6-3-7-15-13/h12-16H,1-11H2. The Kier molecular flexibility index (Phi) is 4.52. The highest BCUT2D eigenvalue weighted by Gasteiger charge is 2.34. The first-order valence-corrected chi connectivity index (χ1v) is 7.76. The first kappa shape index (κ1) is 12.9. The lowest BCUT2D eigenvalue weighted by atomic mass is 9.79. The van der Waals surface area contributed by atoms with Crippen molar-refractivity contribution in [1.29, 1.82) is 0 Å². The molecular weight excluding hydrogens is 226 g/mol. The lowest BCUT2D eigenvalue weighted by Crippen LogP contribution is -2.55. The molecule has 0 spiro atoms. The van der Waals surface area contributed by atoms with E-state index in [-0.39, 0.29) is 0 Å². The summed E-state index contributed by atoms with van der Waals surface area (Å²) in [6.07, 6.45) is 8.31. The van der Waals surface area contributed by atoms with E-state index in [2.05, 4.69) is 15.8 Å². The van der Waals surface area contributed by atoms with Crippen LogP contribution in [0.2, 0.25) is 0 Å². The van der Waals surface area contributed by atoms with Gasteiger partial charge in [-0.1, -0.05) is 12.8 Å². The molecule has 0 amide bonds. The Bertz CT molecular complexity index is 249. The molecule has 4 nitrogen and oxygen atoms in total. The SMILES string of the molecule is C1CNC(C2CCCCC2NN2CCOCC2)C1. The molecule has 1 aliphatic carbocycles. The molecule has 0 bridgehead atoms. The summed E-state index contributed by atoms with van der Waals surface area (Å²) < 4.78 is 5.42. The summed E-state index contributed by atoms with van der Waals surface area (Å²) in [7, 11) is 0. The zero-order valence-corrected chi connectivity index (χ0v) is 11.4. The van der Waals surface area contributed by atoms with Crippen molar-refractivity contribution < 1.29 is 4.74 Å². The summed E-state index contributed by atoms with van der Waals surface area (Å²) in [6.45, 7) is 5.08. The minimum Gasteiger partial charge on any atom is -0.379 e. The number of hydrogen-bond donors (Lipinski definition) is 2. The number of nitrogens with zero attached hydrogens (tertiary/aromatic N) is 1. The van der Waals surface area contributed by atoms with Crippen molar-refractivity contribution >= 4 is 0 Å². The van der Waals surface area contributed by atoms with Crippen molar-refractivity contribution in [2.75, 3.05) is 32.8 Å². The molecule has 0 aromatic rings. The minimum absolute atomic E-state index is 0.687. The smallest absolute Gasteiger partial charge is 0.0608 e. The fourth-order valence-electron chi connectivity index (χ4n) is 3.81. The molecule has 3 aliphatic rings. The van der Waals surface area contributed by atoms with Gasteiger partial charge in [0.15, 0.2) is 0 Å². The highest BCUT2D eigenvalue weighted by atomic mass is 16.5. The van der Waals surface area contributed by atoms with Gasteiger partial charge in [-0.2, -0.15) is 0 Å². The fraction of sp³-hybridized carbons (Fsp3) is 1.00. The van der Waals surface area contributed by atoms with Crippen LogP contribution in [-0.4, -0.2) is 49.9 Å². The first-order valence-electron chi connectivity index (χ1n) is 7.76. The lowest BCUT2D eigenvalue weighted by Gasteiger charge is -2.40. The average molecular weight is 253 g/mol. The molecule has 2 saturated heterocycles. The summed E-state index contributed by atoms with van der Waals surface area (Å²) >= 11 is 0. The van der Waals surface area contributed by atoms with Crippen LogP contribution in [0.1, 0.15) is 38.5 Å². The second-order valence-electron chi connectivity index (χ2n) is 5.99. The molecule has 2 N–H and O–H groups in total. The predicted octanol–water partition coefficient (Wildman–Crippen LogP) is 1.13. The van der Waals surface area contributed by atoms with Crippen molar-refractivity contribution in [2.45, 2.75) is 50.6 Å². The van der Waals surface area contributed by atoms with E-state index in [0.29, 0.717) is 6.04 Å². The number of nitrogens with one attached hydrogen (secondary N) is 2. The summed E-state index contributed by atoms with van der Waals surface area (Å²) in [4.78, 5) is 0. The van der Waals surface area contributed by atoms with Gasteiger partial charge in [0.25, 0.3) is 0 Å². The maximum absolute atomic E-state index is 5.42. The highest BCUT2D eigenvalue weighted by Crippen LogP contribution is 2.30. The Morgan fingerprint density at radius 1 is 1.00 bits per heavy atom. The van der Waals surface area contributed by atoms with E-state index in [9.17, 15) is 0 Å². The van der Waals surface area contributed by atoms with Crippen LogP contribution in [0, 0.1) is 5.92 Å².